The first-order valence-electron chi connectivity index (χ1n) is 9.68. The van der Waals surface area contributed by atoms with E-state index in [1.807, 2.05) is 0 Å². The minimum absolute atomic E-state index is 0.107. The van der Waals surface area contributed by atoms with Gasteiger partial charge in [0.1, 0.15) is 4.21 Å². The number of amides is 1. The monoisotopic (exact) mass is 476 g/mol. The summed E-state index contributed by atoms with van der Waals surface area (Å²) in [5, 5.41) is 2.74. The molecule has 170 valence electrons. The second kappa shape index (κ2) is 9.68. The number of carbonyl (C=O) groups is 1. The summed E-state index contributed by atoms with van der Waals surface area (Å²) in [7, 11) is -3.57. The maximum absolute atomic E-state index is 12.7. The van der Waals surface area contributed by atoms with E-state index in [-0.39, 0.29) is 29.0 Å². The molecule has 6 nitrogen and oxygen atoms in total. The lowest BCUT2D eigenvalue weighted by molar-refractivity contribution is -0.137. The number of nitrogens with one attached hydrogen (secondary N) is 1. The Morgan fingerprint density at radius 2 is 1.81 bits per heavy atom. The maximum Gasteiger partial charge on any atom is 0.416 e. The molecule has 1 N–H and O–H groups in total. The first-order chi connectivity index (χ1) is 14.6. The molecule has 11 heteroatoms. The van der Waals surface area contributed by atoms with Crippen LogP contribution in [0.5, 0.6) is 0 Å². The van der Waals surface area contributed by atoms with Crippen molar-refractivity contribution in [2.24, 2.45) is 0 Å². The van der Waals surface area contributed by atoms with E-state index in [4.69, 9.17) is 4.74 Å². The van der Waals surface area contributed by atoms with Crippen LogP contribution in [0.2, 0.25) is 0 Å². The van der Waals surface area contributed by atoms with Crippen LogP contribution in [-0.2, 0) is 32.3 Å². The molecule has 1 amide bonds. The highest BCUT2D eigenvalue weighted by molar-refractivity contribution is 7.91. The van der Waals surface area contributed by atoms with Gasteiger partial charge in [0.2, 0.25) is 5.91 Å². The van der Waals surface area contributed by atoms with Gasteiger partial charge in [-0.15, -0.1) is 11.3 Å². The molecule has 31 heavy (non-hydrogen) atoms. The molecule has 1 aromatic carbocycles. The van der Waals surface area contributed by atoms with E-state index in [2.05, 4.69) is 5.32 Å². The van der Waals surface area contributed by atoms with Crippen molar-refractivity contribution in [3.8, 4) is 0 Å². The molecule has 1 aromatic heterocycles. The van der Waals surface area contributed by atoms with Gasteiger partial charge < -0.3 is 10.1 Å². The van der Waals surface area contributed by atoms with Crippen molar-refractivity contribution < 1.29 is 31.1 Å². The van der Waals surface area contributed by atoms with E-state index in [0.29, 0.717) is 36.7 Å². The number of thiophene rings is 1. The van der Waals surface area contributed by atoms with Crippen molar-refractivity contribution in [3.63, 3.8) is 0 Å². The second-order valence-electron chi connectivity index (χ2n) is 7.24. The van der Waals surface area contributed by atoms with E-state index in [9.17, 15) is 26.4 Å². The number of benzene rings is 1. The van der Waals surface area contributed by atoms with E-state index < -0.39 is 21.8 Å². The fraction of sp³-hybridized carbons (Fsp3) is 0.450. The van der Waals surface area contributed by atoms with Crippen LogP contribution in [0.3, 0.4) is 0 Å². The first-order valence-corrected chi connectivity index (χ1v) is 11.9. The summed E-state index contributed by atoms with van der Waals surface area (Å²) in [6.45, 7) is 3.31. The largest absolute Gasteiger partial charge is 0.416 e. The lowest BCUT2D eigenvalue weighted by Gasteiger charge is -2.25. The molecule has 3 rings (SSSR count). The number of alkyl halides is 3. The highest BCUT2D eigenvalue weighted by Crippen LogP contribution is 2.31. The smallest absolute Gasteiger partial charge is 0.379 e. The molecule has 1 saturated heterocycles. The van der Waals surface area contributed by atoms with Crippen LogP contribution in [-0.4, -0.2) is 44.9 Å². The summed E-state index contributed by atoms with van der Waals surface area (Å²) < 4.78 is 70.1. The molecule has 0 spiro atoms. The van der Waals surface area contributed by atoms with Crippen LogP contribution in [0.1, 0.15) is 35.3 Å². The Bertz CT molecular complexity index is 998. The molecule has 2 aromatic rings. The number of sulfonamides is 1. The number of hydrogen-bond acceptors (Lipinski definition) is 5. The van der Waals surface area contributed by atoms with E-state index in [1.165, 1.54) is 22.5 Å². The quantitative estimate of drug-likeness (QED) is 0.663. The zero-order valence-electron chi connectivity index (χ0n) is 16.8. The first kappa shape index (κ1) is 23.7. The lowest BCUT2D eigenvalue weighted by atomic mass is 9.96. The number of carbonyl (C=O) groups excluding carboxylic acids is 1. The third kappa shape index (κ3) is 6.06. The van der Waals surface area contributed by atoms with Gasteiger partial charge in [0.25, 0.3) is 10.0 Å². The molecule has 2 heterocycles. The molecule has 1 atom stereocenters. The van der Waals surface area contributed by atoms with Gasteiger partial charge in [-0.3, -0.25) is 4.79 Å². The number of halogens is 3. The van der Waals surface area contributed by atoms with Crippen LogP contribution in [0.4, 0.5) is 13.2 Å². The van der Waals surface area contributed by atoms with Gasteiger partial charge in [-0.2, -0.15) is 17.5 Å². The number of rotatable bonds is 7. The topological polar surface area (TPSA) is 75.7 Å². The molecule has 1 fully saturated rings. The summed E-state index contributed by atoms with van der Waals surface area (Å²) in [4.78, 5) is 12.9. The van der Waals surface area contributed by atoms with Crippen LogP contribution < -0.4 is 5.32 Å². The van der Waals surface area contributed by atoms with Crippen molar-refractivity contribution in [2.75, 3.05) is 26.3 Å². The molecule has 1 unspecified atom stereocenters. The predicted octanol–water partition coefficient (Wildman–Crippen LogP) is 3.60. The van der Waals surface area contributed by atoms with Crippen LogP contribution >= 0.6 is 11.3 Å². The van der Waals surface area contributed by atoms with Crippen LogP contribution in [0.25, 0.3) is 0 Å². The Kier molecular flexibility index (Phi) is 7.40. The Balaban J connectivity index is 1.53. The molecule has 0 radical (unpaired) electrons. The molecule has 0 bridgehead atoms. The summed E-state index contributed by atoms with van der Waals surface area (Å²) in [5.41, 5.74) is -0.0911. The number of morpholine rings is 1. The fourth-order valence-electron chi connectivity index (χ4n) is 3.16. The molecule has 0 aliphatic carbocycles. The van der Waals surface area contributed by atoms with Gasteiger partial charge >= 0.3 is 6.18 Å². The fourth-order valence-corrected chi connectivity index (χ4v) is 6.02. The van der Waals surface area contributed by atoms with Crippen molar-refractivity contribution in [1.29, 1.82) is 0 Å². The van der Waals surface area contributed by atoms with E-state index >= 15 is 0 Å². The molecular weight excluding hydrogens is 453 g/mol. The summed E-state index contributed by atoms with van der Waals surface area (Å²) in [6.07, 6.45) is -4.29. The second-order valence-corrected chi connectivity index (χ2v) is 10.6. The Morgan fingerprint density at radius 1 is 1.16 bits per heavy atom. The lowest BCUT2D eigenvalue weighted by Crippen LogP contribution is -2.40. The summed E-state index contributed by atoms with van der Waals surface area (Å²) in [5.74, 6) is -0.527. The molecule has 1 aliphatic heterocycles. The van der Waals surface area contributed by atoms with Crippen molar-refractivity contribution >= 4 is 27.3 Å². The van der Waals surface area contributed by atoms with E-state index in [0.717, 1.165) is 23.5 Å². The van der Waals surface area contributed by atoms with Gasteiger partial charge in [0, 0.05) is 24.4 Å². The van der Waals surface area contributed by atoms with E-state index in [1.54, 1.807) is 13.0 Å². The number of hydrogen-bond donors (Lipinski definition) is 1. The molecular formula is C20H23F3N2O4S2. The average Bonchev–Trinajstić information content (AvgIpc) is 3.22. The number of nitrogens with zero attached hydrogens (tertiary/aromatic N) is 1. The average molecular weight is 477 g/mol. The van der Waals surface area contributed by atoms with Crippen molar-refractivity contribution in [1.82, 2.24) is 9.62 Å². The van der Waals surface area contributed by atoms with Crippen molar-refractivity contribution in [3.05, 3.63) is 52.4 Å². The zero-order chi connectivity index (χ0) is 22.6. The van der Waals surface area contributed by atoms with Crippen LogP contribution in [0.15, 0.2) is 40.6 Å². The van der Waals surface area contributed by atoms with Crippen LogP contribution in [0, 0.1) is 0 Å². The van der Waals surface area contributed by atoms with Gasteiger partial charge in [-0.1, -0.05) is 19.1 Å². The highest BCUT2D eigenvalue weighted by atomic mass is 32.2. The summed E-state index contributed by atoms with van der Waals surface area (Å²) >= 11 is 1.10. The van der Waals surface area contributed by atoms with Gasteiger partial charge in [-0.25, -0.2) is 8.42 Å². The minimum atomic E-state index is -4.39. The standard InChI is InChI=1S/C20H23F3N2O4S2/c1-14(15-2-4-16(5-3-15)20(21,22)23)12-18(26)24-13-17-6-7-19(30-17)31(27,28)25-8-10-29-11-9-25/h2-7,14H,8-13H2,1H3,(H,24,26). The third-order valence-corrected chi connectivity index (χ3v) is 8.41. The molecule has 1 aliphatic rings. The molecule has 0 saturated carbocycles. The maximum atomic E-state index is 12.7. The third-order valence-electron chi connectivity index (χ3n) is 4.96. The Hall–Kier alpha value is -1.95. The van der Waals surface area contributed by atoms with Gasteiger partial charge in [0.05, 0.1) is 25.3 Å². The van der Waals surface area contributed by atoms with Crippen molar-refractivity contribution in [2.45, 2.75) is 36.2 Å². The van der Waals surface area contributed by atoms with Gasteiger partial charge in [-0.05, 0) is 35.7 Å². The Morgan fingerprint density at radius 3 is 2.42 bits per heavy atom. The SMILES string of the molecule is CC(CC(=O)NCc1ccc(S(=O)(=O)N2CCOCC2)s1)c1ccc(C(F)(F)F)cc1. The zero-order valence-corrected chi connectivity index (χ0v) is 18.4. The Labute approximate surface area is 183 Å². The predicted molar refractivity (Wildman–Crippen MR) is 110 cm³/mol. The summed E-state index contributed by atoms with van der Waals surface area (Å²) in [6, 6.07) is 7.96. The van der Waals surface area contributed by atoms with Gasteiger partial charge in [0.15, 0.2) is 0 Å². The normalized spacial score (nSPS) is 16.8. The number of ether oxygens (including phenoxy) is 1. The minimum Gasteiger partial charge on any atom is -0.379 e. The highest BCUT2D eigenvalue weighted by Gasteiger charge is 2.30.